The largest absolute Gasteiger partial charge is 0.364 e. The number of hydrogen-bond donors (Lipinski definition) is 1. The molecule has 7 nitrogen and oxygen atoms in total. The van der Waals surface area contributed by atoms with Crippen molar-refractivity contribution in [3.05, 3.63) is 112 Å². The highest BCUT2D eigenvalue weighted by Gasteiger charge is 2.36. The zero-order valence-corrected chi connectivity index (χ0v) is 21.8. The maximum atomic E-state index is 14.1. The highest BCUT2D eigenvalue weighted by molar-refractivity contribution is 9.10. The number of sulfonamides is 1. The standard InChI is InChI=1S/C27H24BrN5O2S/c28-23-7-4-8-26(13-23)36(34,35)33-16-22-11-21(14-29)9-10-27(22)32(17-24-15-30-19-31-24)18-25(33)12-20-5-2-1-3-6-20/h1-11,13,15,19,25H,12,16-18H2,(H,30,31)/t25-/m1/s1. The summed E-state index contributed by atoms with van der Waals surface area (Å²) in [4.78, 5) is 9.79. The fourth-order valence-corrected chi connectivity index (χ4v) is 6.84. The Hall–Kier alpha value is -3.45. The van der Waals surface area contributed by atoms with E-state index < -0.39 is 10.0 Å². The lowest BCUT2D eigenvalue weighted by atomic mass is 10.1. The summed E-state index contributed by atoms with van der Waals surface area (Å²) in [6, 6.07) is 24.0. The van der Waals surface area contributed by atoms with Crippen molar-refractivity contribution in [2.45, 2.75) is 30.4 Å². The van der Waals surface area contributed by atoms with E-state index in [-0.39, 0.29) is 17.5 Å². The van der Waals surface area contributed by atoms with Crippen LogP contribution < -0.4 is 4.90 Å². The molecule has 0 fully saturated rings. The zero-order valence-electron chi connectivity index (χ0n) is 19.4. The van der Waals surface area contributed by atoms with Gasteiger partial charge in [-0.05, 0) is 53.9 Å². The van der Waals surface area contributed by atoms with Crippen molar-refractivity contribution < 1.29 is 8.42 Å². The van der Waals surface area contributed by atoms with E-state index in [1.807, 2.05) is 48.7 Å². The summed E-state index contributed by atoms with van der Waals surface area (Å²) < 4.78 is 30.5. The lowest BCUT2D eigenvalue weighted by Gasteiger charge is -2.32. The number of anilines is 1. The molecule has 3 aromatic carbocycles. The van der Waals surface area contributed by atoms with Crippen molar-refractivity contribution in [1.29, 1.82) is 5.26 Å². The third-order valence-electron chi connectivity index (χ3n) is 6.34. The normalized spacial score (nSPS) is 16.2. The van der Waals surface area contributed by atoms with Crippen LogP contribution in [-0.2, 0) is 29.5 Å². The molecular weight excluding hydrogens is 538 g/mol. The van der Waals surface area contributed by atoms with Crippen molar-refractivity contribution in [2.75, 3.05) is 11.4 Å². The Kier molecular flexibility index (Phi) is 6.92. The summed E-state index contributed by atoms with van der Waals surface area (Å²) in [5, 5.41) is 9.55. The molecule has 36 heavy (non-hydrogen) atoms. The van der Waals surface area contributed by atoms with E-state index in [9.17, 15) is 13.7 Å². The van der Waals surface area contributed by atoms with E-state index in [0.29, 0.717) is 29.5 Å². The Morgan fingerprint density at radius 1 is 1.08 bits per heavy atom. The fraction of sp³-hybridized carbons (Fsp3) is 0.185. The molecule has 1 atom stereocenters. The van der Waals surface area contributed by atoms with Gasteiger partial charge >= 0.3 is 0 Å². The predicted molar refractivity (Wildman–Crippen MR) is 142 cm³/mol. The van der Waals surface area contributed by atoms with Gasteiger partial charge in [-0.25, -0.2) is 13.4 Å². The molecule has 1 aromatic heterocycles. The van der Waals surface area contributed by atoms with E-state index in [1.54, 1.807) is 41.0 Å². The van der Waals surface area contributed by atoms with Gasteiger partial charge in [-0.2, -0.15) is 9.57 Å². The maximum absolute atomic E-state index is 14.1. The summed E-state index contributed by atoms with van der Waals surface area (Å²) in [6.07, 6.45) is 4.03. The fourth-order valence-electron chi connectivity index (χ4n) is 4.65. The van der Waals surface area contributed by atoms with Crippen LogP contribution in [0.1, 0.15) is 22.4 Å². The summed E-state index contributed by atoms with van der Waals surface area (Å²) in [7, 11) is -3.85. The highest BCUT2D eigenvalue weighted by atomic mass is 79.9. The SMILES string of the molecule is N#Cc1ccc2c(c1)CN(S(=O)(=O)c1cccc(Br)c1)[C@H](Cc1ccccc1)CN2Cc1c[nH]cn1. The number of hydrogen-bond acceptors (Lipinski definition) is 5. The molecule has 0 radical (unpaired) electrons. The lowest BCUT2D eigenvalue weighted by Crippen LogP contribution is -2.45. The number of fused-ring (bicyclic) bond motifs is 1. The Balaban J connectivity index is 1.63. The molecule has 0 amide bonds. The topological polar surface area (TPSA) is 93.1 Å². The van der Waals surface area contributed by atoms with Crippen molar-refractivity contribution in [1.82, 2.24) is 14.3 Å². The van der Waals surface area contributed by atoms with E-state index in [2.05, 4.69) is 36.9 Å². The van der Waals surface area contributed by atoms with Crippen LogP contribution in [0.2, 0.25) is 0 Å². The third-order valence-corrected chi connectivity index (χ3v) is 8.73. The van der Waals surface area contributed by atoms with Crippen LogP contribution in [-0.4, -0.2) is 35.3 Å². The van der Waals surface area contributed by atoms with Crippen LogP contribution in [0.5, 0.6) is 0 Å². The van der Waals surface area contributed by atoms with Gasteiger partial charge in [0, 0.05) is 35.5 Å². The van der Waals surface area contributed by atoms with Crippen molar-refractivity contribution in [2.24, 2.45) is 0 Å². The average Bonchev–Trinajstić information content (AvgIpc) is 3.34. The van der Waals surface area contributed by atoms with Gasteiger partial charge in [0.1, 0.15) is 0 Å². The van der Waals surface area contributed by atoms with Gasteiger partial charge in [0.15, 0.2) is 0 Å². The number of halogens is 1. The number of H-pyrrole nitrogens is 1. The van der Waals surface area contributed by atoms with E-state index in [1.165, 1.54) is 0 Å². The second-order valence-corrected chi connectivity index (χ2v) is 11.6. The molecular formula is C27H24BrN5O2S. The molecule has 0 bridgehead atoms. The van der Waals surface area contributed by atoms with Gasteiger partial charge < -0.3 is 9.88 Å². The summed E-state index contributed by atoms with van der Waals surface area (Å²) in [5.41, 5.74) is 4.10. The molecule has 1 aliphatic rings. The molecule has 0 aliphatic carbocycles. The summed E-state index contributed by atoms with van der Waals surface area (Å²) in [5.74, 6) is 0. The number of nitriles is 1. The maximum Gasteiger partial charge on any atom is 0.243 e. The zero-order chi connectivity index (χ0) is 25.1. The first-order valence-electron chi connectivity index (χ1n) is 11.5. The molecule has 0 unspecified atom stereocenters. The molecule has 1 aliphatic heterocycles. The van der Waals surface area contributed by atoms with E-state index >= 15 is 0 Å². The Morgan fingerprint density at radius 2 is 1.92 bits per heavy atom. The van der Waals surface area contributed by atoms with Crippen molar-refractivity contribution in [3.63, 3.8) is 0 Å². The number of aromatic amines is 1. The van der Waals surface area contributed by atoms with Gasteiger partial charge in [0.2, 0.25) is 10.0 Å². The number of imidazole rings is 1. The third kappa shape index (κ3) is 5.07. The molecule has 0 saturated heterocycles. The first kappa shape index (κ1) is 24.3. The minimum atomic E-state index is -3.85. The van der Waals surface area contributed by atoms with Crippen LogP contribution in [0.25, 0.3) is 0 Å². The second-order valence-electron chi connectivity index (χ2n) is 8.75. The first-order valence-corrected chi connectivity index (χ1v) is 13.7. The molecule has 182 valence electrons. The van der Waals surface area contributed by atoms with Gasteiger partial charge in [-0.3, -0.25) is 0 Å². The van der Waals surface area contributed by atoms with Gasteiger partial charge in [0.05, 0.1) is 35.1 Å². The van der Waals surface area contributed by atoms with Crippen LogP contribution in [0.15, 0.2) is 94.7 Å². The van der Waals surface area contributed by atoms with Gasteiger partial charge in [-0.15, -0.1) is 0 Å². The lowest BCUT2D eigenvalue weighted by molar-refractivity contribution is 0.318. The number of benzene rings is 3. The molecule has 2 heterocycles. The number of nitrogens with zero attached hydrogens (tertiary/aromatic N) is 4. The van der Waals surface area contributed by atoms with E-state index in [4.69, 9.17) is 0 Å². The van der Waals surface area contributed by atoms with Gasteiger partial charge in [-0.1, -0.05) is 52.3 Å². The minimum absolute atomic E-state index is 0.161. The second kappa shape index (κ2) is 10.3. The Bertz CT molecular complexity index is 1500. The molecule has 0 saturated carbocycles. The Morgan fingerprint density at radius 3 is 2.64 bits per heavy atom. The van der Waals surface area contributed by atoms with Crippen LogP contribution in [0, 0.1) is 11.3 Å². The van der Waals surface area contributed by atoms with Crippen molar-refractivity contribution in [3.8, 4) is 6.07 Å². The Labute approximate surface area is 219 Å². The number of rotatable bonds is 6. The molecule has 0 spiro atoms. The average molecular weight is 562 g/mol. The summed E-state index contributed by atoms with van der Waals surface area (Å²) in [6.45, 7) is 1.14. The quantitative estimate of drug-likeness (QED) is 0.362. The molecule has 4 aromatic rings. The summed E-state index contributed by atoms with van der Waals surface area (Å²) >= 11 is 3.41. The molecule has 1 N–H and O–H groups in total. The van der Waals surface area contributed by atoms with Crippen LogP contribution in [0.4, 0.5) is 5.69 Å². The monoisotopic (exact) mass is 561 g/mol. The number of aromatic nitrogens is 2. The van der Waals surface area contributed by atoms with Gasteiger partial charge in [0.25, 0.3) is 0 Å². The predicted octanol–water partition coefficient (Wildman–Crippen LogP) is 4.87. The minimum Gasteiger partial charge on any atom is -0.364 e. The smallest absolute Gasteiger partial charge is 0.243 e. The number of nitrogens with one attached hydrogen (secondary N) is 1. The highest BCUT2D eigenvalue weighted by Crippen LogP contribution is 2.34. The van der Waals surface area contributed by atoms with Crippen LogP contribution in [0.3, 0.4) is 0 Å². The first-order chi connectivity index (χ1) is 17.4. The van der Waals surface area contributed by atoms with Crippen molar-refractivity contribution >= 4 is 31.6 Å². The molecule has 9 heteroatoms. The molecule has 5 rings (SSSR count). The van der Waals surface area contributed by atoms with Crippen LogP contribution >= 0.6 is 15.9 Å². The van der Waals surface area contributed by atoms with E-state index in [0.717, 1.165) is 22.5 Å².